The van der Waals surface area contributed by atoms with Crippen LogP contribution < -0.4 is 26.0 Å². The van der Waals surface area contributed by atoms with E-state index in [4.69, 9.17) is 9.15 Å². The molecular formula is C30H37N5O7. The van der Waals surface area contributed by atoms with Gasteiger partial charge in [0.15, 0.2) is 5.89 Å². The molecular weight excluding hydrogens is 542 g/mol. The zero-order valence-electron chi connectivity index (χ0n) is 24.3. The first kappa shape index (κ1) is 31.7. The van der Waals surface area contributed by atoms with Gasteiger partial charge >= 0.3 is 12.0 Å². The number of hydrogen-bond acceptors (Lipinski definition) is 7. The van der Waals surface area contributed by atoms with Crippen LogP contribution in [0.5, 0.6) is 5.75 Å². The lowest BCUT2D eigenvalue weighted by atomic mass is 10.0. The van der Waals surface area contributed by atoms with E-state index in [2.05, 4.69) is 26.3 Å². The second kappa shape index (κ2) is 14.7. The number of benzene rings is 2. The molecule has 0 bridgehead atoms. The third kappa shape index (κ3) is 9.36. The number of carboxylic acids is 1. The van der Waals surface area contributed by atoms with E-state index in [1.807, 2.05) is 39.0 Å². The average Bonchev–Trinajstić information content (AvgIpc) is 3.38. The predicted octanol–water partition coefficient (Wildman–Crippen LogP) is 4.21. The number of hydrogen-bond donors (Lipinski definition) is 5. The van der Waals surface area contributed by atoms with Crippen molar-refractivity contribution < 1.29 is 33.4 Å². The van der Waals surface area contributed by atoms with Crippen LogP contribution in [0.15, 0.2) is 53.1 Å². The second-order valence-corrected chi connectivity index (χ2v) is 10.3. The molecule has 2 aromatic carbocycles. The summed E-state index contributed by atoms with van der Waals surface area (Å²) in [6.07, 6.45) is 1.91. The molecule has 0 saturated heterocycles. The Morgan fingerprint density at radius 1 is 1.02 bits per heavy atom. The van der Waals surface area contributed by atoms with Gasteiger partial charge in [-0.2, -0.15) is 0 Å². The highest BCUT2D eigenvalue weighted by Gasteiger charge is 2.25. The van der Waals surface area contributed by atoms with Crippen molar-refractivity contribution in [2.75, 3.05) is 17.7 Å². The normalized spacial score (nSPS) is 12.2. The standard InChI is InChI=1S/C30H37N5O7/c1-17(2)12-23(26-16-31-28(42-26)15-24(29(38)39)32-19(4)36)33-27(37)14-20-10-11-22(25(13-20)41-5)35-30(40)34-21-9-7-6-8-18(21)3/h6-11,13,16-17,23-24H,12,14-15H2,1-5H3,(H,32,36)(H,33,37)(H,38,39)(H2,34,35,40). The van der Waals surface area contributed by atoms with Crippen LogP contribution >= 0.6 is 0 Å². The maximum Gasteiger partial charge on any atom is 0.326 e. The first-order valence-corrected chi connectivity index (χ1v) is 13.5. The zero-order chi connectivity index (χ0) is 30.8. The maximum absolute atomic E-state index is 13.1. The number of amides is 4. The molecule has 12 nitrogen and oxygen atoms in total. The number of nitrogens with zero attached hydrogens (tertiary/aromatic N) is 1. The van der Waals surface area contributed by atoms with Crippen molar-refractivity contribution in [2.24, 2.45) is 5.92 Å². The van der Waals surface area contributed by atoms with Crippen molar-refractivity contribution in [3.8, 4) is 5.75 Å². The van der Waals surface area contributed by atoms with Gasteiger partial charge in [0.05, 0.1) is 37.9 Å². The summed E-state index contributed by atoms with van der Waals surface area (Å²) in [5.41, 5.74) is 2.72. The molecule has 0 aliphatic carbocycles. The quantitative estimate of drug-likeness (QED) is 0.200. The zero-order valence-corrected chi connectivity index (χ0v) is 24.3. The molecule has 224 valence electrons. The Balaban J connectivity index is 1.67. The lowest BCUT2D eigenvalue weighted by Crippen LogP contribution is -2.41. The molecule has 3 aromatic rings. The molecule has 12 heteroatoms. The number of carbonyl (C=O) groups is 4. The molecule has 1 heterocycles. The third-order valence-corrected chi connectivity index (χ3v) is 6.28. The van der Waals surface area contributed by atoms with Gasteiger partial charge in [-0.15, -0.1) is 0 Å². The SMILES string of the molecule is COc1cc(CC(=O)NC(CC(C)C)c2cnc(CC(NC(C)=O)C(=O)O)o2)ccc1NC(=O)Nc1ccccc1C. The van der Waals surface area contributed by atoms with Crippen molar-refractivity contribution in [3.05, 3.63) is 71.4 Å². The van der Waals surface area contributed by atoms with Crippen LogP contribution in [0.4, 0.5) is 16.2 Å². The van der Waals surface area contributed by atoms with Gasteiger partial charge in [0, 0.05) is 12.6 Å². The van der Waals surface area contributed by atoms with Gasteiger partial charge in [-0.1, -0.05) is 38.1 Å². The van der Waals surface area contributed by atoms with Crippen LogP contribution in [0.1, 0.15) is 56.0 Å². The van der Waals surface area contributed by atoms with Crippen LogP contribution in [-0.4, -0.2) is 47.1 Å². The van der Waals surface area contributed by atoms with Crippen LogP contribution in [-0.2, 0) is 27.2 Å². The lowest BCUT2D eigenvalue weighted by Gasteiger charge is -2.19. The van der Waals surface area contributed by atoms with E-state index in [0.717, 1.165) is 5.56 Å². The number of oxazole rings is 1. The van der Waals surface area contributed by atoms with Gasteiger partial charge in [-0.05, 0) is 48.6 Å². The van der Waals surface area contributed by atoms with Gasteiger partial charge in [-0.3, -0.25) is 9.59 Å². The number of para-hydroxylation sites is 1. The fourth-order valence-electron chi connectivity index (χ4n) is 4.29. The summed E-state index contributed by atoms with van der Waals surface area (Å²) in [5, 5.41) is 20.3. The Bertz CT molecular complexity index is 1420. The monoisotopic (exact) mass is 579 g/mol. The molecule has 5 N–H and O–H groups in total. The largest absolute Gasteiger partial charge is 0.495 e. The summed E-state index contributed by atoms with van der Waals surface area (Å²) in [4.78, 5) is 52.6. The number of anilines is 2. The first-order chi connectivity index (χ1) is 19.9. The number of aliphatic carboxylic acids is 1. The van der Waals surface area contributed by atoms with Crippen molar-refractivity contribution >= 4 is 35.2 Å². The van der Waals surface area contributed by atoms with Crippen LogP contribution in [0.25, 0.3) is 0 Å². The van der Waals surface area contributed by atoms with E-state index < -0.39 is 30.0 Å². The summed E-state index contributed by atoms with van der Waals surface area (Å²) in [6, 6.07) is 10.4. The summed E-state index contributed by atoms with van der Waals surface area (Å²) in [5.74, 6) is -0.854. The number of ether oxygens (including phenoxy) is 1. The van der Waals surface area contributed by atoms with Gasteiger partial charge < -0.3 is 35.5 Å². The molecule has 0 spiro atoms. The number of aryl methyl sites for hydroxylation is 1. The van der Waals surface area contributed by atoms with E-state index >= 15 is 0 Å². The van der Waals surface area contributed by atoms with Gasteiger partial charge in [-0.25, -0.2) is 14.6 Å². The molecule has 2 unspecified atom stereocenters. The van der Waals surface area contributed by atoms with Gasteiger partial charge in [0.25, 0.3) is 0 Å². The molecule has 3 rings (SSSR count). The van der Waals surface area contributed by atoms with E-state index in [-0.39, 0.29) is 30.6 Å². The van der Waals surface area contributed by atoms with Crippen molar-refractivity contribution in [1.29, 1.82) is 0 Å². The highest BCUT2D eigenvalue weighted by Crippen LogP contribution is 2.27. The molecule has 1 aromatic heterocycles. The fraction of sp³-hybridized carbons (Fsp3) is 0.367. The van der Waals surface area contributed by atoms with Crippen molar-refractivity contribution in [3.63, 3.8) is 0 Å². The summed E-state index contributed by atoms with van der Waals surface area (Å²) >= 11 is 0. The number of nitrogens with one attached hydrogen (secondary N) is 4. The number of methoxy groups -OCH3 is 1. The smallest absolute Gasteiger partial charge is 0.326 e. The first-order valence-electron chi connectivity index (χ1n) is 13.5. The van der Waals surface area contributed by atoms with Crippen molar-refractivity contribution in [2.45, 2.75) is 59.0 Å². The summed E-state index contributed by atoms with van der Waals surface area (Å²) < 4.78 is 11.2. The second-order valence-electron chi connectivity index (χ2n) is 10.3. The van der Waals surface area contributed by atoms with Crippen molar-refractivity contribution in [1.82, 2.24) is 15.6 Å². The molecule has 0 aliphatic rings. The number of rotatable bonds is 13. The fourth-order valence-corrected chi connectivity index (χ4v) is 4.29. The van der Waals surface area contributed by atoms with Gasteiger partial charge in [0.1, 0.15) is 17.6 Å². The predicted molar refractivity (Wildman–Crippen MR) is 156 cm³/mol. The van der Waals surface area contributed by atoms with E-state index in [0.29, 0.717) is 34.9 Å². The maximum atomic E-state index is 13.1. The molecule has 0 saturated carbocycles. The Morgan fingerprint density at radius 2 is 1.74 bits per heavy atom. The van der Waals surface area contributed by atoms with Crippen LogP contribution in [0, 0.1) is 12.8 Å². The Kier molecular flexibility index (Phi) is 11.1. The number of carboxylic acid groups (broad SMARTS) is 1. The minimum absolute atomic E-state index is 0.0330. The molecule has 0 radical (unpaired) electrons. The minimum Gasteiger partial charge on any atom is -0.495 e. The van der Waals surface area contributed by atoms with Crippen LogP contribution in [0.3, 0.4) is 0 Å². The minimum atomic E-state index is -1.21. The highest BCUT2D eigenvalue weighted by molar-refractivity contribution is 6.01. The number of aromatic nitrogens is 1. The summed E-state index contributed by atoms with van der Waals surface area (Å²) in [7, 11) is 1.48. The Morgan fingerprint density at radius 3 is 2.38 bits per heavy atom. The number of carbonyl (C=O) groups excluding carboxylic acids is 3. The molecule has 4 amide bonds. The molecule has 0 fully saturated rings. The number of urea groups is 1. The molecule has 0 aliphatic heterocycles. The molecule has 42 heavy (non-hydrogen) atoms. The van der Waals surface area contributed by atoms with Crippen LogP contribution in [0.2, 0.25) is 0 Å². The Hall–Kier alpha value is -4.87. The third-order valence-electron chi connectivity index (χ3n) is 6.28. The van der Waals surface area contributed by atoms with E-state index in [1.54, 1.807) is 24.3 Å². The lowest BCUT2D eigenvalue weighted by molar-refractivity contribution is -0.141. The highest BCUT2D eigenvalue weighted by atomic mass is 16.5. The van der Waals surface area contributed by atoms with E-state index in [1.165, 1.54) is 20.2 Å². The van der Waals surface area contributed by atoms with E-state index in [9.17, 15) is 24.3 Å². The molecule has 2 atom stereocenters. The Labute approximate surface area is 244 Å². The average molecular weight is 580 g/mol. The summed E-state index contributed by atoms with van der Waals surface area (Å²) in [6.45, 7) is 7.12. The van der Waals surface area contributed by atoms with Gasteiger partial charge in [0.2, 0.25) is 11.8 Å². The topological polar surface area (TPSA) is 172 Å².